The highest BCUT2D eigenvalue weighted by molar-refractivity contribution is 5.94. The number of amides is 1. The van der Waals surface area contributed by atoms with Crippen molar-refractivity contribution in [3.63, 3.8) is 0 Å². The molecule has 1 saturated carbocycles. The molecule has 0 atom stereocenters. The number of hydrogen-bond donors (Lipinski definition) is 2. The van der Waals surface area contributed by atoms with Crippen molar-refractivity contribution < 1.29 is 4.79 Å². The van der Waals surface area contributed by atoms with Gasteiger partial charge in [-0.15, -0.1) is 5.10 Å². The third-order valence-electron chi connectivity index (χ3n) is 5.15. The number of aromatic nitrogens is 3. The van der Waals surface area contributed by atoms with E-state index in [0.29, 0.717) is 29.7 Å². The van der Waals surface area contributed by atoms with Gasteiger partial charge >= 0.3 is 0 Å². The van der Waals surface area contributed by atoms with Crippen LogP contribution in [0.5, 0.6) is 0 Å². The normalized spacial score (nSPS) is 15.4. The molecule has 0 radical (unpaired) electrons. The van der Waals surface area contributed by atoms with Crippen molar-refractivity contribution in [2.24, 2.45) is 0 Å². The van der Waals surface area contributed by atoms with Crippen LogP contribution in [0.4, 0.5) is 22.9 Å². The van der Waals surface area contributed by atoms with Crippen LogP contribution < -0.4 is 15.5 Å². The molecule has 1 fully saturated rings. The molecule has 28 heavy (non-hydrogen) atoms. The highest BCUT2D eigenvalue weighted by atomic mass is 16.2. The van der Waals surface area contributed by atoms with E-state index >= 15 is 0 Å². The first-order valence-electron chi connectivity index (χ1n) is 9.36. The molecule has 1 aromatic carbocycles. The van der Waals surface area contributed by atoms with E-state index in [1.165, 1.54) is 11.8 Å². The summed E-state index contributed by atoms with van der Waals surface area (Å²) in [5, 5.41) is 20.7. The zero-order chi connectivity index (χ0) is 19.3. The summed E-state index contributed by atoms with van der Waals surface area (Å²) in [7, 11) is 0. The van der Waals surface area contributed by atoms with Crippen LogP contribution in [-0.4, -0.2) is 33.1 Å². The average Bonchev–Trinajstić information content (AvgIpc) is 3.24. The van der Waals surface area contributed by atoms with Crippen LogP contribution in [0.3, 0.4) is 0 Å². The fraction of sp³-hybridized carbons (Fsp3) is 0.300. The van der Waals surface area contributed by atoms with Crippen molar-refractivity contribution in [2.45, 2.75) is 32.2 Å². The topological polar surface area (TPSA) is 98.4 Å². The van der Waals surface area contributed by atoms with Gasteiger partial charge in [0.05, 0.1) is 11.9 Å². The zero-order valence-corrected chi connectivity index (χ0v) is 15.4. The average molecular weight is 373 g/mol. The molecule has 5 rings (SSSR count). The molecule has 0 bridgehead atoms. The first-order valence-corrected chi connectivity index (χ1v) is 9.36. The van der Waals surface area contributed by atoms with Crippen molar-refractivity contribution in [3.8, 4) is 6.07 Å². The number of anilines is 4. The summed E-state index contributed by atoms with van der Waals surface area (Å²) in [6.07, 6.45) is 4.67. The lowest BCUT2D eigenvalue weighted by Gasteiger charge is -2.16. The Hall–Kier alpha value is -3.60. The first kappa shape index (κ1) is 16.6. The van der Waals surface area contributed by atoms with Crippen LogP contribution in [0.1, 0.15) is 31.0 Å². The van der Waals surface area contributed by atoms with Gasteiger partial charge in [0.1, 0.15) is 6.07 Å². The zero-order valence-electron chi connectivity index (χ0n) is 15.4. The minimum atomic E-state index is 0.0449. The maximum Gasteiger partial charge on any atom is 0.223 e. The lowest BCUT2D eigenvalue weighted by Crippen LogP contribution is -2.25. The van der Waals surface area contributed by atoms with E-state index in [1.54, 1.807) is 16.3 Å². The van der Waals surface area contributed by atoms with E-state index in [4.69, 9.17) is 0 Å². The van der Waals surface area contributed by atoms with E-state index in [0.717, 1.165) is 36.3 Å². The van der Waals surface area contributed by atoms with Crippen molar-refractivity contribution in [2.75, 3.05) is 22.1 Å². The predicted molar refractivity (Wildman–Crippen MR) is 106 cm³/mol. The first-order chi connectivity index (χ1) is 13.6. The number of carbonyl (C=O) groups excluding carboxylic acids is 1. The molecule has 1 aliphatic carbocycles. The van der Waals surface area contributed by atoms with Gasteiger partial charge in [0.25, 0.3) is 0 Å². The maximum absolute atomic E-state index is 11.9. The molecule has 1 aliphatic heterocycles. The number of nitriles is 1. The SMILES string of the molecule is CC(=O)N1CCc2ccc(Nc3cc(NC4CC4)c4ncc(C#N)n4n3)cc21. The Kier molecular flexibility index (Phi) is 3.69. The molecular formula is C20H19N7O. The van der Waals surface area contributed by atoms with Gasteiger partial charge in [0, 0.05) is 37.0 Å². The molecule has 140 valence electrons. The van der Waals surface area contributed by atoms with Gasteiger partial charge < -0.3 is 15.5 Å². The van der Waals surface area contributed by atoms with Crippen LogP contribution in [0, 0.1) is 11.3 Å². The van der Waals surface area contributed by atoms with Crippen LogP contribution in [-0.2, 0) is 11.2 Å². The summed E-state index contributed by atoms with van der Waals surface area (Å²) in [6, 6.07) is 10.5. The molecule has 2 aliphatic rings. The standard InChI is InChI=1S/C20H19N7O/c1-12(28)26-7-6-13-2-3-15(8-18(13)26)24-19-9-17(23-14-4-5-14)20-22-11-16(10-21)27(20)25-19/h2-3,8-9,11,14,23H,4-7H2,1H3,(H,24,25). The van der Waals surface area contributed by atoms with Crippen LogP contribution in [0.2, 0.25) is 0 Å². The Balaban J connectivity index is 1.52. The summed E-state index contributed by atoms with van der Waals surface area (Å²) in [5.41, 5.74) is 4.83. The molecule has 8 nitrogen and oxygen atoms in total. The minimum Gasteiger partial charge on any atom is -0.379 e. The van der Waals surface area contributed by atoms with Crippen molar-refractivity contribution in [1.29, 1.82) is 5.26 Å². The van der Waals surface area contributed by atoms with Crippen molar-refractivity contribution in [1.82, 2.24) is 14.6 Å². The summed E-state index contributed by atoms with van der Waals surface area (Å²) in [5.74, 6) is 0.654. The van der Waals surface area contributed by atoms with E-state index < -0.39 is 0 Å². The number of rotatable bonds is 4. The van der Waals surface area contributed by atoms with Gasteiger partial charge in [0.2, 0.25) is 5.91 Å². The smallest absolute Gasteiger partial charge is 0.223 e. The second-order valence-corrected chi connectivity index (χ2v) is 7.24. The number of fused-ring (bicyclic) bond motifs is 2. The molecule has 0 saturated heterocycles. The molecule has 3 heterocycles. The lowest BCUT2D eigenvalue weighted by molar-refractivity contribution is -0.116. The van der Waals surface area contributed by atoms with Crippen LogP contribution in [0.25, 0.3) is 5.65 Å². The third-order valence-corrected chi connectivity index (χ3v) is 5.15. The van der Waals surface area contributed by atoms with Gasteiger partial charge in [0.15, 0.2) is 17.2 Å². The highest BCUT2D eigenvalue weighted by Crippen LogP contribution is 2.33. The summed E-state index contributed by atoms with van der Waals surface area (Å²) in [6.45, 7) is 2.30. The number of benzene rings is 1. The van der Waals surface area contributed by atoms with Gasteiger partial charge in [-0.25, -0.2) is 4.98 Å². The predicted octanol–water partition coefficient (Wildman–Crippen LogP) is 2.83. The van der Waals surface area contributed by atoms with Gasteiger partial charge in [-0.3, -0.25) is 4.79 Å². The van der Waals surface area contributed by atoms with Crippen molar-refractivity contribution in [3.05, 3.63) is 41.7 Å². The molecule has 2 aromatic heterocycles. The molecule has 8 heteroatoms. The molecule has 0 unspecified atom stereocenters. The minimum absolute atomic E-state index is 0.0449. The monoisotopic (exact) mass is 373 g/mol. The fourth-order valence-electron chi connectivity index (χ4n) is 3.59. The Bertz CT molecular complexity index is 1140. The Morgan fingerprint density at radius 1 is 1.32 bits per heavy atom. The molecule has 2 N–H and O–H groups in total. The lowest BCUT2D eigenvalue weighted by atomic mass is 10.1. The molecular weight excluding hydrogens is 354 g/mol. The molecule has 3 aromatic rings. The van der Waals surface area contributed by atoms with Crippen LogP contribution in [0.15, 0.2) is 30.5 Å². The summed E-state index contributed by atoms with van der Waals surface area (Å²) >= 11 is 0. The quantitative estimate of drug-likeness (QED) is 0.730. The van der Waals surface area contributed by atoms with Gasteiger partial charge in [-0.2, -0.15) is 9.78 Å². The third kappa shape index (κ3) is 2.81. The number of nitrogens with one attached hydrogen (secondary N) is 2. The Morgan fingerprint density at radius 2 is 2.18 bits per heavy atom. The number of hydrogen-bond acceptors (Lipinski definition) is 6. The van der Waals surface area contributed by atoms with E-state index in [9.17, 15) is 10.1 Å². The van der Waals surface area contributed by atoms with Crippen LogP contribution >= 0.6 is 0 Å². The van der Waals surface area contributed by atoms with E-state index in [-0.39, 0.29) is 5.91 Å². The van der Waals surface area contributed by atoms with Gasteiger partial charge in [-0.1, -0.05) is 6.07 Å². The van der Waals surface area contributed by atoms with E-state index in [2.05, 4.69) is 26.8 Å². The largest absolute Gasteiger partial charge is 0.379 e. The van der Waals surface area contributed by atoms with Crippen molar-refractivity contribution >= 4 is 34.4 Å². The molecule has 1 amide bonds. The fourth-order valence-corrected chi connectivity index (χ4v) is 3.59. The maximum atomic E-state index is 11.9. The Labute approximate surface area is 161 Å². The van der Waals surface area contributed by atoms with E-state index in [1.807, 2.05) is 24.3 Å². The van der Waals surface area contributed by atoms with Gasteiger partial charge in [-0.05, 0) is 37.0 Å². The second kappa shape index (κ2) is 6.23. The summed E-state index contributed by atoms with van der Waals surface area (Å²) < 4.78 is 1.56. The number of nitrogens with zero attached hydrogens (tertiary/aromatic N) is 5. The Morgan fingerprint density at radius 3 is 2.93 bits per heavy atom. The second-order valence-electron chi connectivity index (χ2n) is 7.24. The molecule has 0 spiro atoms. The number of imidazole rings is 1. The highest BCUT2D eigenvalue weighted by Gasteiger charge is 2.24. The number of carbonyl (C=O) groups is 1. The summed E-state index contributed by atoms with van der Waals surface area (Å²) in [4.78, 5) is 18.0.